The topological polar surface area (TPSA) is 49.4 Å². The lowest BCUT2D eigenvalue weighted by atomic mass is 9.95. The SMILES string of the molecule is CC[C@H](C(=O)NC1CCCCC1)N(CCc1ccccc1)C(=O)Cc1ccc(C)cc1. The lowest BCUT2D eigenvalue weighted by Gasteiger charge is -2.33. The number of hydrogen-bond acceptors (Lipinski definition) is 2. The van der Waals surface area contributed by atoms with Gasteiger partial charge in [0.25, 0.3) is 0 Å². The van der Waals surface area contributed by atoms with Crippen LogP contribution in [-0.2, 0) is 22.4 Å². The number of carbonyl (C=O) groups excluding carboxylic acids is 2. The lowest BCUT2D eigenvalue weighted by molar-refractivity contribution is -0.140. The van der Waals surface area contributed by atoms with Crippen molar-refractivity contribution in [3.63, 3.8) is 0 Å². The minimum absolute atomic E-state index is 0.000261. The fourth-order valence-electron chi connectivity index (χ4n) is 4.42. The zero-order valence-corrected chi connectivity index (χ0v) is 19.0. The van der Waals surface area contributed by atoms with Crippen LogP contribution >= 0.6 is 0 Å². The van der Waals surface area contributed by atoms with Crippen LogP contribution in [0.3, 0.4) is 0 Å². The van der Waals surface area contributed by atoms with Crippen molar-refractivity contribution in [3.8, 4) is 0 Å². The number of nitrogens with zero attached hydrogens (tertiary/aromatic N) is 1. The van der Waals surface area contributed by atoms with Gasteiger partial charge in [-0.05, 0) is 43.7 Å². The van der Waals surface area contributed by atoms with Crippen LogP contribution in [0.4, 0.5) is 0 Å². The van der Waals surface area contributed by atoms with Crippen molar-refractivity contribution in [1.29, 1.82) is 0 Å². The Bertz CT molecular complexity index is 826. The van der Waals surface area contributed by atoms with E-state index in [1.54, 1.807) is 0 Å². The Morgan fingerprint density at radius 3 is 2.29 bits per heavy atom. The highest BCUT2D eigenvalue weighted by Crippen LogP contribution is 2.19. The van der Waals surface area contributed by atoms with Gasteiger partial charge >= 0.3 is 0 Å². The molecule has 2 aromatic rings. The molecule has 2 aromatic carbocycles. The van der Waals surface area contributed by atoms with Gasteiger partial charge in [0.05, 0.1) is 6.42 Å². The maximum Gasteiger partial charge on any atom is 0.243 e. The maximum atomic E-state index is 13.4. The number of benzene rings is 2. The van der Waals surface area contributed by atoms with Gasteiger partial charge in [-0.2, -0.15) is 0 Å². The molecule has 0 bridgehead atoms. The molecule has 1 N–H and O–H groups in total. The van der Waals surface area contributed by atoms with E-state index in [2.05, 4.69) is 17.4 Å². The van der Waals surface area contributed by atoms with Gasteiger partial charge in [0, 0.05) is 12.6 Å². The van der Waals surface area contributed by atoms with E-state index in [9.17, 15) is 9.59 Å². The van der Waals surface area contributed by atoms with Crippen molar-refractivity contribution in [2.45, 2.75) is 77.3 Å². The zero-order valence-electron chi connectivity index (χ0n) is 19.0. The van der Waals surface area contributed by atoms with Crippen LogP contribution in [0.1, 0.15) is 62.1 Å². The molecule has 0 aliphatic heterocycles. The van der Waals surface area contributed by atoms with Crippen LogP contribution in [0.15, 0.2) is 54.6 Å². The van der Waals surface area contributed by atoms with Crippen LogP contribution in [0.2, 0.25) is 0 Å². The summed E-state index contributed by atoms with van der Waals surface area (Å²) in [5, 5.41) is 3.24. The molecule has 1 saturated carbocycles. The molecule has 0 radical (unpaired) electrons. The van der Waals surface area contributed by atoms with E-state index >= 15 is 0 Å². The summed E-state index contributed by atoms with van der Waals surface area (Å²) in [4.78, 5) is 28.4. The first-order valence-electron chi connectivity index (χ1n) is 11.8. The highest BCUT2D eigenvalue weighted by atomic mass is 16.2. The van der Waals surface area contributed by atoms with Gasteiger partial charge in [-0.25, -0.2) is 0 Å². The molecule has 1 aliphatic carbocycles. The highest BCUT2D eigenvalue weighted by Gasteiger charge is 2.29. The molecule has 31 heavy (non-hydrogen) atoms. The summed E-state index contributed by atoms with van der Waals surface area (Å²) in [6.45, 7) is 4.59. The monoisotopic (exact) mass is 420 g/mol. The molecular weight excluding hydrogens is 384 g/mol. The third kappa shape index (κ3) is 6.95. The smallest absolute Gasteiger partial charge is 0.243 e. The average molecular weight is 421 g/mol. The molecule has 3 rings (SSSR count). The van der Waals surface area contributed by atoms with Crippen molar-refractivity contribution < 1.29 is 9.59 Å². The first-order chi connectivity index (χ1) is 15.1. The van der Waals surface area contributed by atoms with E-state index in [0.29, 0.717) is 19.4 Å². The van der Waals surface area contributed by atoms with Crippen molar-refractivity contribution in [2.75, 3.05) is 6.54 Å². The number of nitrogens with one attached hydrogen (secondary N) is 1. The first kappa shape index (κ1) is 23.1. The predicted octanol–water partition coefficient (Wildman–Crippen LogP) is 4.84. The van der Waals surface area contributed by atoms with Crippen LogP contribution < -0.4 is 5.32 Å². The quantitative estimate of drug-likeness (QED) is 0.631. The molecule has 2 amide bonds. The van der Waals surface area contributed by atoms with Crippen molar-refractivity contribution in [3.05, 3.63) is 71.3 Å². The van der Waals surface area contributed by atoms with Crippen molar-refractivity contribution in [2.24, 2.45) is 0 Å². The van der Waals surface area contributed by atoms with Gasteiger partial charge in [-0.3, -0.25) is 9.59 Å². The van der Waals surface area contributed by atoms with Crippen LogP contribution in [-0.4, -0.2) is 35.3 Å². The molecule has 0 spiro atoms. The van der Waals surface area contributed by atoms with Gasteiger partial charge in [-0.15, -0.1) is 0 Å². The molecule has 4 heteroatoms. The van der Waals surface area contributed by atoms with Crippen molar-refractivity contribution >= 4 is 11.8 Å². The summed E-state index contributed by atoms with van der Waals surface area (Å²) in [6, 6.07) is 18.1. The predicted molar refractivity (Wildman–Crippen MR) is 126 cm³/mol. The van der Waals surface area contributed by atoms with E-state index in [-0.39, 0.29) is 17.9 Å². The largest absolute Gasteiger partial charge is 0.352 e. The molecule has 1 aliphatic rings. The molecule has 166 valence electrons. The fourth-order valence-corrected chi connectivity index (χ4v) is 4.42. The number of aryl methyl sites for hydroxylation is 1. The summed E-state index contributed by atoms with van der Waals surface area (Å²) in [6.07, 6.45) is 7.37. The van der Waals surface area contributed by atoms with E-state index in [1.807, 2.05) is 61.2 Å². The maximum absolute atomic E-state index is 13.4. The molecule has 1 atom stereocenters. The molecule has 0 saturated heterocycles. The molecule has 0 aromatic heterocycles. The minimum Gasteiger partial charge on any atom is -0.352 e. The van der Waals surface area contributed by atoms with Gasteiger partial charge in [0.2, 0.25) is 11.8 Å². The highest BCUT2D eigenvalue weighted by molar-refractivity contribution is 5.88. The fraction of sp³-hybridized carbons (Fsp3) is 0.481. The van der Waals surface area contributed by atoms with Crippen LogP contribution in [0, 0.1) is 6.92 Å². The van der Waals surface area contributed by atoms with Gasteiger partial charge in [0.1, 0.15) is 6.04 Å². The second kappa shape index (κ2) is 11.7. The summed E-state index contributed by atoms with van der Waals surface area (Å²) < 4.78 is 0. The molecule has 0 unspecified atom stereocenters. The lowest BCUT2D eigenvalue weighted by Crippen LogP contribution is -2.52. The Morgan fingerprint density at radius 2 is 1.65 bits per heavy atom. The molecular formula is C27H36N2O2. The number of amides is 2. The Hall–Kier alpha value is -2.62. The number of hydrogen-bond donors (Lipinski definition) is 1. The minimum atomic E-state index is -0.427. The number of rotatable bonds is 9. The Morgan fingerprint density at radius 1 is 0.968 bits per heavy atom. The third-order valence-electron chi connectivity index (χ3n) is 6.30. The third-order valence-corrected chi connectivity index (χ3v) is 6.30. The second-order valence-electron chi connectivity index (χ2n) is 8.75. The van der Waals surface area contributed by atoms with E-state index in [4.69, 9.17) is 0 Å². The summed E-state index contributed by atoms with van der Waals surface area (Å²) in [5.41, 5.74) is 3.34. The van der Waals surface area contributed by atoms with E-state index in [0.717, 1.165) is 24.8 Å². The zero-order chi connectivity index (χ0) is 22.1. The normalized spacial score (nSPS) is 15.3. The van der Waals surface area contributed by atoms with Gasteiger partial charge in [-0.1, -0.05) is 86.3 Å². The first-order valence-corrected chi connectivity index (χ1v) is 11.8. The Balaban J connectivity index is 1.73. The Kier molecular flexibility index (Phi) is 8.69. The van der Waals surface area contributed by atoms with Crippen molar-refractivity contribution in [1.82, 2.24) is 10.2 Å². The van der Waals surface area contributed by atoms with E-state index in [1.165, 1.54) is 30.4 Å². The summed E-state index contributed by atoms with van der Waals surface area (Å²) >= 11 is 0. The summed E-state index contributed by atoms with van der Waals surface area (Å²) in [5.74, 6) is 0.0187. The number of carbonyl (C=O) groups is 2. The molecule has 0 heterocycles. The average Bonchev–Trinajstić information content (AvgIpc) is 2.79. The second-order valence-corrected chi connectivity index (χ2v) is 8.75. The van der Waals surface area contributed by atoms with Crippen LogP contribution in [0.5, 0.6) is 0 Å². The molecule has 1 fully saturated rings. The Labute approximate surface area is 187 Å². The van der Waals surface area contributed by atoms with Gasteiger partial charge < -0.3 is 10.2 Å². The van der Waals surface area contributed by atoms with Gasteiger partial charge in [0.15, 0.2) is 0 Å². The summed E-state index contributed by atoms with van der Waals surface area (Å²) in [7, 11) is 0. The molecule has 4 nitrogen and oxygen atoms in total. The van der Waals surface area contributed by atoms with E-state index < -0.39 is 6.04 Å². The van der Waals surface area contributed by atoms with Crippen LogP contribution in [0.25, 0.3) is 0 Å². The standard InChI is InChI=1S/C27H36N2O2/c1-3-25(27(31)28-24-12-8-5-9-13-24)29(19-18-22-10-6-4-7-11-22)26(30)20-23-16-14-21(2)15-17-23/h4,6-7,10-11,14-17,24-25H,3,5,8-9,12-13,18-20H2,1-2H3,(H,28,31)/t25-/m1/s1.